The maximum Gasteiger partial charge on any atom is 0.317 e. The molecular weight excluding hydrogens is 336 g/mol. The van der Waals surface area contributed by atoms with Crippen LogP contribution in [-0.4, -0.2) is 36.6 Å². The highest BCUT2D eigenvalue weighted by molar-refractivity contribution is 7.99. The summed E-state index contributed by atoms with van der Waals surface area (Å²) in [4.78, 5) is 15.4. The molecule has 1 heterocycles. The Kier molecular flexibility index (Phi) is 6.06. The topological polar surface area (TPSA) is 50.8 Å². The lowest BCUT2D eigenvalue weighted by Crippen LogP contribution is -2.40. The van der Waals surface area contributed by atoms with E-state index in [0.29, 0.717) is 19.6 Å². The van der Waals surface area contributed by atoms with Crippen LogP contribution in [0.1, 0.15) is 12.5 Å². The number of hydrogen-bond donors (Lipinski definition) is 1. The summed E-state index contributed by atoms with van der Waals surface area (Å²) >= 11 is 1.74. The molecule has 6 heteroatoms. The summed E-state index contributed by atoms with van der Waals surface area (Å²) in [6.45, 7) is 4.06. The molecule has 1 aliphatic heterocycles. The van der Waals surface area contributed by atoms with Crippen LogP contribution in [0.2, 0.25) is 0 Å². The first-order valence-electron chi connectivity index (χ1n) is 8.35. The summed E-state index contributed by atoms with van der Waals surface area (Å²) in [5.74, 6) is 2.35. The summed E-state index contributed by atoms with van der Waals surface area (Å²) in [5.41, 5.74) is 1.03. The molecule has 2 aromatic carbocycles. The Hall–Kier alpha value is -2.34. The number of fused-ring (bicyclic) bond motifs is 1. The fourth-order valence-corrected chi connectivity index (χ4v) is 3.33. The molecule has 0 aliphatic carbocycles. The van der Waals surface area contributed by atoms with Gasteiger partial charge in [-0.1, -0.05) is 24.3 Å². The number of ether oxygens (including phenoxy) is 2. The maximum atomic E-state index is 12.4. The molecule has 25 heavy (non-hydrogen) atoms. The van der Waals surface area contributed by atoms with Gasteiger partial charge in [0.05, 0.1) is 0 Å². The van der Waals surface area contributed by atoms with Crippen LogP contribution in [-0.2, 0) is 6.54 Å². The number of hydrogen-bond acceptors (Lipinski definition) is 4. The van der Waals surface area contributed by atoms with E-state index in [1.54, 1.807) is 16.7 Å². The third-order valence-corrected chi connectivity index (χ3v) is 4.88. The molecule has 5 nitrogen and oxygen atoms in total. The van der Waals surface area contributed by atoms with E-state index in [4.69, 9.17) is 9.47 Å². The van der Waals surface area contributed by atoms with Gasteiger partial charge in [0, 0.05) is 30.3 Å². The molecule has 0 bridgehead atoms. The second-order valence-electron chi connectivity index (χ2n) is 5.60. The summed E-state index contributed by atoms with van der Waals surface area (Å²) in [6, 6.07) is 15.9. The first-order valence-corrected chi connectivity index (χ1v) is 9.34. The van der Waals surface area contributed by atoms with Gasteiger partial charge in [0.1, 0.15) is 0 Å². The molecule has 1 aliphatic rings. The van der Waals surface area contributed by atoms with Gasteiger partial charge in [-0.3, -0.25) is 0 Å². The van der Waals surface area contributed by atoms with E-state index in [1.165, 1.54) is 4.90 Å². The quantitative estimate of drug-likeness (QED) is 0.605. The van der Waals surface area contributed by atoms with Gasteiger partial charge in [0.25, 0.3) is 0 Å². The van der Waals surface area contributed by atoms with Crippen LogP contribution in [0.5, 0.6) is 11.5 Å². The lowest BCUT2D eigenvalue weighted by atomic mass is 10.2. The Balaban J connectivity index is 1.46. The Morgan fingerprint density at radius 1 is 1.16 bits per heavy atom. The lowest BCUT2D eigenvalue weighted by Gasteiger charge is -2.21. The van der Waals surface area contributed by atoms with E-state index in [-0.39, 0.29) is 12.8 Å². The number of nitrogens with one attached hydrogen (secondary N) is 1. The third-order valence-electron chi connectivity index (χ3n) is 3.87. The molecule has 0 saturated carbocycles. The van der Waals surface area contributed by atoms with Crippen LogP contribution in [0, 0.1) is 0 Å². The number of amides is 2. The van der Waals surface area contributed by atoms with Gasteiger partial charge in [-0.15, -0.1) is 11.8 Å². The second-order valence-corrected chi connectivity index (χ2v) is 6.76. The minimum absolute atomic E-state index is 0.0474. The number of thioether (sulfide) groups is 1. The molecule has 0 radical (unpaired) electrons. The van der Waals surface area contributed by atoms with Crippen LogP contribution in [0.4, 0.5) is 4.79 Å². The van der Waals surface area contributed by atoms with Crippen molar-refractivity contribution >= 4 is 17.8 Å². The molecule has 0 atom stereocenters. The second kappa shape index (κ2) is 8.67. The minimum Gasteiger partial charge on any atom is -0.454 e. The fraction of sp³-hybridized carbons (Fsp3) is 0.316. The smallest absolute Gasteiger partial charge is 0.317 e. The Morgan fingerprint density at radius 3 is 2.76 bits per heavy atom. The van der Waals surface area contributed by atoms with E-state index in [9.17, 15) is 4.79 Å². The first-order chi connectivity index (χ1) is 12.3. The number of benzene rings is 2. The monoisotopic (exact) mass is 358 g/mol. The summed E-state index contributed by atoms with van der Waals surface area (Å²) in [5, 5.41) is 2.99. The van der Waals surface area contributed by atoms with E-state index in [0.717, 1.165) is 22.8 Å². The average Bonchev–Trinajstić information content (AvgIpc) is 3.11. The molecule has 0 unspecified atom stereocenters. The standard InChI is InChI=1S/C19H22N2O3S/c1-2-21(13-15-8-9-17-18(12-15)24-14-23-17)19(22)20-10-11-25-16-6-4-3-5-7-16/h3-9,12H,2,10-11,13-14H2,1H3,(H,20,22). The van der Waals surface area contributed by atoms with E-state index in [2.05, 4.69) is 17.4 Å². The molecule has 132 valence electrons. The van der Waals surface area contributed by atoms with Gasteiger partial charge >= 0.3 is 6.03 Å². The van der Waals surface area contributed by atoms with Crippen LogP contribution < -0.4 is 14.8 Å². The van der Waals surface area contributed by atoms with Gasteiger partial charge < -0.3 is 19.7 Å². The van der Waals surface area contributed by atoms with Gasteiger partial charge in [0.15, 0.2) is 11.5 Å². The Bertz CT molecular complexity index is 709. The van der Waals surface area contributed by atoms with Crippen molar-refractivity contribution in [1.82, 2.24) is 10.2 Å². The highest BCUT2D eigenvalue weighted by Gasteiger charge is 2.16. The van der Waals surface area contributed by atoms with E-state index in [1.807, 2.05) is 43.3 Å². The molecular formula is C19H22N2O3S. The molecule has 0 spiro atoms. The van der Waals surface area contributed by atoms with Crippen molar-refractivity contribution in [3.8, 4) is 11.5 Å². The molecule has 1 N–H and O–H groups in total. The van der Waals surface area contributed by atoms with Crippen LogP contribution in [0.15, 0.2) is 53.4 Å². The molecule has 0 saturated heterocycles. The van der Waals surface area contributed by atoms with Crippen molar-refractivity contribution in [3.05, 3.63) is 54.1 Å². The zero-order valence-corrected chi connectivity index (χ0v) is 15.1. The first kappa shape index (κ1) is 17.5. The SMILES string of the molecule is CCN(Cc1ccc2c(c1)OCO2)C(=O)NCCSc1ccccc1. The van der Waals surface area contributed by atoms with Gasteiger partial charge in [-0.05, 0) is 36.8 Å². The average molecular weight is 358 g/mol. The van der Waals surface area contributed by atoms with Crippen LogP contribution in [0.25, 0.3) is 0 Å². The zero-order valence-electron chi connectivity index (χ0n) is 14.2. The number of carbonyl (C=O) groups is 1. The zero-order chi connectivity index (χ0) is 17.5. The summed E-state index contributed by atoms with van der Waals surface area (Å²) in [6.07, 6.45) is 0. The van der Waals surface area contributed by atoms with Crippen molar-refractivity contribution in [1.29, 1.82) is 0 Å². The van der Waals surface area contributed by atoms with Crippen molar-refractivity contribution in [2.24, 2.45) is 0 Å². The summed E-state index contributed by atoms with van der Waals surface area (Å²) < 4.78 is 10.7. The third kappa shape index (κ3) is 4.82. The van der Waals surface area contributed by atoms with Crippen molar-refractivity contribution in [2.75, 3.05) is 25.6 Å². The molecule has 2 amide bonds. The minimum atomic E-state index is -0.0474. The van der Waals surface area contributed by atoms with Crippen LogP contribution in [0.3, 0.4) is 0 Å². The van der Waals surface area contributed by atoms with Crippen molar-refractivity contribution < 1.29 is 14.3 Å². The predicted octanol–water partition coefficient (Wildman–Crippen LogP) is 3.74. The van der Waals surface area contributed by atoms with Gasteiger partial charge in [-0.25, -0.2) is 4.79 Å². The normalized spacial score (nSPS) is 12.0. The number of carbonyl (C=O) groups excluding carboxylic acids is 1. The number of urea groups is 1. The molecule has 0 fully saturated rings. The number of rotatable bonds is 7. The van der Waals surface area contributed by atoms with Gasteiger partial charge in [0.2, 0.25) is 6.79 Å². The summed E-state index contributed by atoms with van der Waals surface area (Å²) in [7, 11) is 0. The Morgan fingerprint density at radius 2 is 1.96 bits per heavy atom. The maximum absolute atomic E-state index is 12.4. The lowest BCUT2D eigenvalue weighted by molar-refractivity contribution is 0.173. The van der Waals surface area contributed by atoms with E-state index < -0.39 is 0 Å². The fourth-order valence-electron chi connectivity index (χ4n) is 2.54. The highest BCUT2D eigenvalue weighted by Crippen LogP contribution is 2.32. The molecule has 0 aromatic heterocycles. The van der Waals surface area contributed by atoms with Crippen molar-refractivity contribution in [2.45, 2.75) is 18.4 Å². The Labute approximate surface area is 152 Å². The highest BCUT2D eigenvalue weighted by atomic mass is 32.2. The largest absolute Gasteiger partial charge is 0.454 e. The predicted molar refractivity (Wildman–Crippen MR) is 99.2 cm³/mol. The van der Waals surface area contributed by atoms with Crippen LogP contribution >= 0.6 is 11.8 Å². The van der Waals surface area contributed by atoms with Gasteiger partial charge in [-0.2, -0.15) is 0 Å². The molecule has 3 rings (SSSR count). The van der Waals surface area contributed by atoms with Crippen molar-refractivity contribution in [3.63, 3.8) is 0 Å². The molecule has 2 aromatic rings. The van der Waals surface area contributed by atoms with E-state index >= 15 is 0 Å². The number of nitrogens with zero attached hydrogens (tertiary/aromatic N) is 1.